The fourth-order valence-electron chi connectivity index (χ4n) is 4.70. The number of anilines is 1. The maximum Gasteiger partial charge on any atom is 0.301 e. The smallest absolute Gasteiger partial charge is 0.301 e. The minimum absolute atomic E-state index is 0.0786. The molecular formula is C33H32FN3O5S2. The largest absolute Gasteiger partial charge is 0.507 e. The predicted octanol–water partition coefficient (Wildman–Crippen LogP) is 7.34. The van der Waals surface area contributed by atoms with E-state index in [1.807, 2.05) is 19.1 Å². The molecule has 1 aliphatic rings. The quantitative estimate of drug-likeness (QED) is 0.0602. The summed E-state index contributed by atoms with van der Waals surface area (Å²) >= 11 is 2.38. The molecule has 11 heteroatoms. The van der Waals surface area contributed by atoms with Crippen LogP contribution in [0.5, 0.6) is 11.5 Å². The van der Waals surface area contributed by atoms with Crippen molar-refractivity contribution in [1.29, 1.82) is 0 Å². The number of halogens is 1. The first-order valence-electron chi connectivity index (χ1n) is 14.1. The highest BCUT2D eigenvalue weighted by Crippen LogP contribution is 2.45. The monoisotopic (exact) mass is 633 g/mol. The summed E-state index contributed by atoms with van der Waals surface area (Å²) in [5, 5.41) is 20.1. The minimum atomic E-state index is -1.02. The van der Waals surface area contributed by atoms with E-state index in [-0.39, 0.29) is 22.3 Å². The average molecular weight is 634 g/mol. The zero-order valence-corrected chi connectivity index (χ0v) is 26.4. The number of carbonyl (C=O) groups excluding carboxylic acids is 2. The lowest BCUT2D eigenvalue weighted by atomic mass is 9.95. The van der Waals surface area contributed by atoms with Crippen LogP contribution < -0.4 is 14.4 Å². The lowest BCUT2D eigenvalue weighted by Crippen LogP contribution is -2.29. The van der Waals surface area contributed by atoms with E-state index in [0.717, 1.165) is 23.3 Å². The van der Waals surface area contributed by atoms with Gasteiger partial charge in [0.05, 0.1) is 25.3 Å². The molecule has 1 unspecified atom stereocenters. The predicted molar refractivity (Wildman–Crippen MR) is 170 cm³/mol. The van der Waals surface area contributed by atoms with Gasteiger partial charge in [-0.1, -0.05) is 91.0 Å². The highest BCUT2D eigenvalue weighted by molar-refractivity contribution is 8.00. The van der Waals surface area contributed by atoms with Crippen molar-refractivity contribution in [1.82, 2.24) is 10.2 Å². The first-order valence-corrected chi connectivity index (χ1v) is 15.9. The Labute approximate surface area is 263 Å². The number of ether oxygens (including phenoxy) is 2. The lowest BCUT2D eigenvalue weighted by Gasteiger charge is -2.23. The molecule has 4 aromatic rings. The number of Topliss-reactive ketones (excluding diaryl/α,β-unsaturated/α-hetero) is 1. The average Bonchev–Trinajstić information content (AvgIpc) is 3.58. The van der Waals surface area contributed by atoms with Crippen LogP contribution in [0.15, 0.2) is 76.6 Å². The molecule has 5 rings (SSSR count). The SMILES string of the molecule is COc1cc(C2/C(=C(/O)c3ccc(C)cc3)C(=O)C(=O)N2c2nnc(SCc3ccccc3F)s2)ccc1OCCC(C)C. The normalized spacial score (nSPS) is 16.1. The Morgan fingerprint density at radius 3 is 2.52 bits per heavy atom. The van der Waals surface area contributed by atoms with Crippen molar-refractivity contribution in [3.8, 4) is 11.5 Å². The van der Waals surface area contributed by atoms with Gasteiger partial charge in [0, 0.05) is 11.3 Å². The number of thioether (sulfide) groups is 1. The van der Waals surface area contributed by atoms with Gasteiger partial charge in [-0.2, -0.15) is 0 Å². The number of aliphatic hydroxyl groups excluding tert-OH is 1. The van der Waals surface area contributed by atoms with Crippen LogP contribution >= 0.6 is 23.1 Å². The van der Waals surface area contributed by atoms with Crippen molar-refractivity contribution in [3.05, 3.63) is 100 Å². The lowest BCUT2D eigenvalue weighted by molar-refractivity contribution is -0.132. The number of carbonyl (C=O) groups is 2. The number of nitrogens with zero attached hydrogens (tertiary/aromatic N) is 3. The number of methoxy groups -OCH3 is 1. The topological polar surface area (TPSA) is 102 Å². The van der Waals surface area contributed by atoms with Crippen molar-refractivity contribution in [3.63, 3.8) is 0 Å². The Bertz CT molecular complexity index is 1700. The molecule has 44 heavy (non-hydrogen) atoms. The van der Waals surface area contributed by atoms with Gasteiger partial charge in [-0.05, 0) is 48.6 Å². The van der Waals surface area contributed by atoms with Gasteiger partial charge in [-0.15, -0.1) is 10.2 Å². The zero-order chi connectivity index (χ0) is 31.4. The van der Waals surface area contributed by atoms with Gasteiger partial charge >= 0.3 is 5.91 Å². The Morgan fingerprint density at radius 1 is 1.07 bits per heavy atom. The molecule has 1 amide bonds. The Hall–Kier alpha value is -4.22. The zero-order valence-electron chi connectivity index (χ0n) is 24.7. The number of rotatable bonds is 11. The van der Waals surface area contributed by atoms with E-state index < -0.39 is 17.7 Å². The van der Waals surface area contributed by atoms with E-state index in [1.54, 1.807) is 48.5 Å². The maximum atomic E-state index is 14.2. The van der Waals surface area contributed by atoms with Crippen LogP contribution in [-0.2, 0) is 15.3 Å². The van der Waals surface area contributed by atoms with Gasteiger partial charge in [-0.3, -0.25) is 14.5 Å². The fourth-order valence-corrected chi connectivity index (χ4v) is 6.56. The second kappa shape index (κ2) is 13.6. The van der Waals surface area contributed by atoms with Gasteiger partial charge < -0.3 is 14.6 Å². The summed E-state index contributed by atoms with van der Waals surface area (Å²) in [5.41, 5.74) is 2.32. The molecule has 0 spiro atoms. The van der Waals surface area contributed by atoms with E-state index in [9.17, 15) is 19.1 Å². The Balaban J connectivity index is 1.55. The van der Waals surface area contributed by atoms with Crippen LogP contribution in [0.25, 0.3) is 5.76 Å². The fraction of sp³-hybridized carbons (Fsp3) is 0.273. The standard InChI is InChI=1S/C33H32FN3O5S2/c1-19(2)15-16-42-25-14-13-22(17-26(25)41-4)28-27(29(38)21-11-9-20(3)10-12-21)30(39)31(40)37(28)32-35-36-33(44-32)43-18-23-7-5-6-8-24(23)34/h5-14,17,19,28,38H,15-16,18H2,1-4H3/b29-27-. The number of benzene rings is 3. The molecule has 228 valence electrons. The minimum Gasteiger partial charge on any atom is -0.507 e. The molecule has 1 atom stereocenters. The first-order chi connectivity index (χ1) is 21.2. The van der Waals surface area contributed by atoms with Crippen LogP contribution in [-0.4, -0.2) is 40.7 Å². The summed E-state index contributed by atoms with van der Waals surface area (Å²) in [5.74, 6) is -0.597. The Kier molecular flexibility index (Phi) is 9.65. The van der Waals surface area contributed by atoms with Gasteiger partial charge in [-0.25, -0.2) is 4.39 Å². The molecule has 1 N–H and O–H groups in total. The Morgan fingerprint density at radius 2 is 1.82 bits per heavy atom. The summed E-state index contributed by atoms with van der Waals surface area (Å²) in [6, 6.07) is 17.6. The van der Waals surface area contributed by atoms with Crippen LogP contribution in [0, 0.1) is 18.7 Å². The third-order valence-corrected chi connectivity index (χ3v) is 9.24. The second-order valence-electron chi connectivity index (χ2n) is 10.7. The molecule has 0 radical (unpaired) electrons. The van der Waals surface area contributed by atoms with Crippen molar-refractivity contribution in [2.24, 2.45) is 5.92 Å². The number of aliphatic hydroxyl groups is 1. The molecule has 1 fully saturated rings. The molecule has 1 aromatic heterocycles. The van der Waals surface area contributed by atoms with E-state index in [4.69, 9.17) is 9.47 Å². The number of ketones is 1. The van der Waals surface area contributed by atoms with Crippen LogP contribution in [0.3, 0.4) is 0 Å². The summed E-state index contributed by atoms with van der Waals surface area (Å²) in [7, 11) is 1.52. The number of aromatic nitrogens is 2. The number of amides is 1. The van der Waals surface area contributed by atoms with Crippen molar-refractivity contribution >= 4 is 45.7 Å². The third kappa shape index (κ3) is 6.63. The van der Waals surface area contributed by atoms with Crippen LogP contribution in [0.4, 0.5) is 9.52 Å². The number of hydrogen-bond donors (Lipinski definition) is 1. The highest BCUT2D eigenvalue weighted by atomic mass is 32.2. The van der Waals surface area contributed by atoms with E-state index in [0.29, 0.717) is 50.8 Å². The van der Waals surface area contributed by atoms with Crippen molar-refractivity contribution in [2.45, 2.75) is 43.3 Å². The van der Waals surface area contributed by atoms with E-state index >= 15 is 0 Å². The number of hydrogen-bond acceptors (Lipinski definition) is 9. The van der Waals surface area contributed by atoms with Crippen LogP contribution in [0.1, 0.15) is 48.6 Å². The first kappa shape index (κ1) is 31.2. The van der Waals surface area contributed by atoms with Gasteiger partial charge in [0.25, 0.3) is 5.78 Å². The van der Waals surface area contributed by atoms with Crippen molar-refractivity contribution < 1.29 is 28.6 Å². The summed E-state index contributed by atoms with van der Waals surface area (Å²) in [6.07, 6.45) is 0.857. The third-order valence-electron chi connectivity index (χ3n) is 7.14. The highest BCUT2D eigenvalue weighted by Gasteiger charge is 2.48. The van der Waals surface area contributed by atoms with E-state index in [2.05, 4.69) is 24.0 Å². The van der Waals surface area contributed by atoms with Gasteiger partial charge in [0.15, 0.2) is 15.8 Å². The molecular weight excluding hydrogens is 602 g/mol. The molecule has 1 saturated heterocycles. The number of aryl methyl sites for hydroxylation is 1. The molecule has 8 nitrogen and oxygen atoms in total. The molecule has 2 heterocycles. The van der Waals surface area contributed by atoms with Crippen LogP contribution in [0.2, 0.25) is 0 Å². The maximum absolute atomic E-state index is 14.2. The molecule has 1 aliphatic heterocycles. The molecule has 3 aromatic carbocycles. The van der Waals surface area contributed by atoms with Gasteiger partial charge in [0.2, 0.25) is 5.13 Å². The van der Waals surface area contributed by atoms with E-state index in [1.165, 1.54) is 29.8 Å². The van der Waals surface area contributed by atoms with Crippen molar-refractivity contribution in [2.75, 3.05) is 18.6 Å². The second-order valence-corrected chi connectivity index (χ2v) is 12.9. The van der Waals surface area contributed by atoms with Gasteiger partial charge in [0.1, 0.15) is 11.6 Å². The molecule has 0 aliphatic carbocycles. The summed E-state index contributed by atoms with van der Waals surface area (Å²) < 4.78 is 26.2. The molecule has 0 saturated carbocycles. The summed E-state index contributed by atoms with van der Waals surface area (Å²) in [6.45, 7) is 6.63. The summed E-state index contributed by atoms with van der Waals surface area (Å²) in [4.78, 5) is 28.4. The molecule has 0 bridgehead atoms.